The molecule has 0 saturated carbocycles. The number of carbonyl (C=O) groups excluding carboxylic acids is 2. The van der Waals surface area contributed by atoms with E-state index in [0.717, 1.165) is 5.56 Å². The van der Waals surface area contributed by atoms with E-state index < -0.39 is 12.1 Å². The summed E-state index contributed by atoms with van der Waals surface area (Å²) >= 11 is 0. The molecule has 110 valence electrons. The predicted molar refractivity (Wildman–Crippen MR) is 78.9 cm³/mol. The molecule has 6 heteroatoms. The first-order chi connectivity index (χ1) is 9.38. The first-order valence-corrected chi connectivity index (χ1v) is 6.57. The molecule has 1 rings (SSSR count). The van der Waals surface area contributed by atoms with Gasteiger partial charge in [0, 0.05) is 12.2 Å². The molecule has 6 N–H and O–H groups in total. The largest absolute Gasteiger partial charge is 0.352 e. The van der Waals surface area contributed by atoms with Crippen LogP contribution in [0.25, 0.3) is 0 Å². The van der Waals surface area contributed by atoms with Crippen molar-refractivity contribution in [2.45, 2.75) is 32.9 Å². The molecular formula is C14H22N4O2. The highest BCUT2D eigenvalue weighted by Crippen LogP contribution is 2.11. The van der Waals surface area contributed by atoms with Crippen molar-refractivity contribution >= 4 is 17.6 Å². The fraction of sp³-hybridized carbons (Fsp3) is 0.429. The Morgan fingerprint density at radius 1 is 1.20 bits per heavy atom. The molecule has 0 spiro atoms. The number of rotatable bonds is 6. The van der Waals surface area contributed by atoms with Gasteiger partial charge in [0.25, 0.3) is 0 Å². The summed E-state index contributed by atoms with van der Waals surface area (Å²) in [6.07, 6.45) is 0.645. The Hall–Kier alpha value is -2.08. The Balaban J connectivity index is 2.52. The summed E-state index contributed by atoms with van der Waals surface area (Å²) in [5, 5.41) is 5.26. The summed E-state index contributed by atoms with van der Waals surface area (Å²) in [4.78, 5) is 22.4. The van der Waals surface area contributed by atoms with E-state index in [1.54, 1.807) is 24.3 Å². The summed E-state index contributed by atoms with van der Waals surface area (Å²) in [6.45, 7) is 4.40. The number of benzene rings is 1. The number of anilines is 1. The molecule has 1 aromatic carbocycles. The molecule has 6 nitrogen and oxygen atoms in total. The number of amides is 3. The number of hydrogen-bond acceptors (Lipinski definition) is 3. The zero-order valence-corrected chi connectivity index (χ0v) is 11.8. The van der Waals surface area contributed by atoms with Gasteiger partial charge in [-0.1, -0.05) is 26.0 Å². The van der Waals surface area contributed by atoms with Crippen molar-refractivity contribution in [1.82, 2.24) is 5.32 Å². The van der Waals surface area contributed by atoms with E-state index >= 15 is 0 Å². The van der Waals surface area contributed by atoms with Crippen molar-refractivity contribution < 1.29 is 9.59 Å². The molecule has 0 aromatic heterocycles. The second kappa shape index (κ2) is 7.49. The van der Waals surface area contributed by atoms with Gasteiger partial charge in [0.15, 0.2) is 0 Å². The minimum Gasteiger partial charge on any atom is -0.352 e. The number of nitrogens with one attached hydrogen (secondary N) is 2. The number of primary amides is 1. The first-order valence-electron chi connectivity index (χ1n) is 6.57. The Morgan fingerprint density at radius 2 is 1.80 bits per heavy atom. The van der Waals surface area contributed by atoms with Crippen LogP contribution in [0.5, 0.6) is 0 Å². The highest BCUT2D eigenvalue weighted by molar-refractivity contribution is 5.94. The maximum Gasteiger partial charge on any atom is 0.312 e. The fourth-order valence-corrected chi connectivity index (χ4v) is 1.74. The third kappa shape index (κ3) is 5.71. The quantitative estimate of drug-likeness (QED) is 0.626. The lowest BCUT2D eigenvalue weighted by molar-refractivity contribution is -0.117. The molecule has 0 radical (unpaired) electrons. The summed E-state index contributed by atoms with van der Waals surface area (Å²) in [7, 11) is 0. The molecule has 0 fully saturated rings. The van der Waals surface area contributed by atoms with Gasteiger partial charge in [0.1, 0.15) is 0 Å². The molecule has 0 aliphatic carbocycles. The van der Waals surface area contributed by atoms with Crippen molar-refractivity contribution in [1.29, 1.82) is 0 Å². The van der Waals surface area contributed by atoms with Gasteiger partial charge in [-0.25, -0.2) is 4.79 Å². The molecule has 1 atom stereocenters. The van der Waals surface area contributed by atoms with Crippen LogP contribution in [0.15, 0.2) is 24.3 Å². The van der Waals surface area contributed by atoms with Gasteiger partial charge in [-0.2, -0.15) is 0 Å². The molecular weight excluding hydrogens is 256 g/mol. The van der Waals surface area contributed by atoms with Crippen molar-refractivity contribution in [3.8, 4) is 0 Å². The minimum absolute atomic E-state index is 0.193. The number of nitrogens with two attached hydrogens (primary N) is 2. The Bertz CT molecular complexity index is 457. The van der Waals surface area contributed by atoms with Crippen LogP contribution in [0, 0.1) is 5.92 Å². The maximum absolute atomic E-state index is 11.8. The van der Waals surface area contributed by atoms with Crippen LogP contribution in [0.4, 0.5) is 10.5 Å². The molecule has 0 heterocycles. The van der Waals surface area contributed by atoms with Gasteiger partial charge >= 0.3 is 6.03 Å². The van der Waals surface area contributed by atoms with E-state index in [-0.39, 0.29) is 5.91 Å². The van der Waals surface area contributed by atoms with E-state index in [0.29, 0.717) is 24.6 Å². The van der Waals surface area contributed by atoms with Crippen LogP contribution in [0.3, 0.4) is 0 Å². The summed E-state index contributed by atoms with van der Waals surface area (Å²) in [5.41, 5.74) is 12.4. The average molecular weight is 278 g/mol. The monoisotopic (exact) mass is 278 g/mol. The smallest absolute Gasteiger partial charge is 0.312 e. The molecule has 0 bridgehead atoms. The lowest BCUT2D eigenvalue weighted by Crippen LogP contribution is -2.36. The normalized spacial score (nSPS) is 12.0. The second-order valence-corrected chi connectivity index (χ2v) is 5.14. The van der Waals surface area contributed by atoms with E-state index in [2.05, 4.69) is 10.6 Å². The second-order valence-electron chi connectivity index (χ2n) is 5.14. The topological polar surface area (TPSA) is 110 Å². The highest BCUT2D eigenvalue weighted by atomic mass is 16.2. The van der Waals surface area contributed by atoms with Crippen molar-refractivity contribution in [2.24, 2.45) is 17.4 Å². The summed E-state index contributed by atoms with van der Waals surface area (Å²) in [6, 6.07) is 6.06. The molecule has 0 unspecified atom stereocenters. The number of carbonyl (C=O) groups is 2. The van der Waals surface area contributed by atoms with E-state index in [4.69, 9.17) is 11.5 Å². The third-order valence-electron chi connectivity index (χ3n) is 2.75. The van der Waals surface area contributed by atoms with Crippen molar-refractivity contribution in [3.63, 3.8) is 0 Å². The van der Waals surface area contributed by atoms with Gasteiger partial charge in [0.05, 0.1) is 6.04 Å². The zero-order valence-electron chi connectivity index (χ0n) is 11.8. The molecule has 1 aromatic rings. The van der Waals surface area contributed by atoms with Gasteiger partial charge in [0.2, 0.25) is 5.91 Å². The Morgan fingerprint density at radius 3 is 2.30 bits per heavy atom. The number of urea groups is 1. The first kappa shape index (κ1) is 16.0. The maximum atomic E-state index is 11.8. The van der Waals surface area contributed by atoms with Crippen LogP contribution in [0.1, 0.15) is 25.8 Å². The fourth-order valence-electron chi connectivity index (χ4n) is 1.74. The van der Waals surface area contributed by atoms with Crippen LogP contribution < -0.4 is 22.1 Å². The lowest BCUT2D eigenvalue weighted by atomic mass is 10.0. The third-order valence-corrected chi connectivity index (χ3v) is 2.75. The van der Waals surface area contributed by atoms with E-state index in [1.807, 2.05) is 13.8 Å². The van der Waals surface area contributed by atoms with Crippen LogP contribution >= 0.6 is 0 Å². The minimum atomic E-state index is -0.568. The Kier molecular flexibility index (Phi) is 5.99. The Labute approximate surface area is 118 Å². The molecule has 20 heavy (non-hydrogen) atoms. The van der Waals surface area contributed by atoms with Crippen LogP contribution in [-0.4, -0.2) is 18.0 Å². The average Bonchev–Trinajstić information content (AvgIpc) is 2.37. The SMILES string of the molecule is CC(C)C[C@H](N)C(=O)Nc1ccc(CNC(N)=O)cc1. The predicted octanol–water partition coefficient (Wildman–Crippen LogP) is 1.17. The lowest BCUT2D eigenvalue weighted by Gasteiger charge is -2.14. The van der Waals surface area contributed by atoms with E-state index in [9.17, 15) is 9.59 Å². The summed E-state index contributed by atoms with van der Waals surface area (Å²) in [5.74, 6) is 0.180. The van der Waals surface area contributed by atoms with Crippen molar-refractivity contribution in [3.05, 3.63) is 29.8 Å². The molecule has 3 amide bonds. The summed E-state index contributed by atoms with van der Waals surface area (Å²) < 4.78 is 0. The molecule has 0 aliphatic heterocycles. The van der Waals surface area contributed by atoms with Gasteiger partial charge in [-0.15, -0.1) is 0 Å². The molecule has 0 saturated heterocycles. The zero-order chi connectivity index (χ0) is 15.1. The van der Waals surface area contributed by atoms with Gasteiger partial charge in [-0.05, 0) is 30.0 Å². The van der Waals surface area contributed by atoms with Crippen LogP contribution in [-0.2, 0) is 11.3 Å². The van der Waals surface area contributed by atoms with Crippen molar-refractivity contribution in [2.75, 3.05) is 5.32 Å². The molecule has 0 aliphatic rings. The van der Waals surface area contributed by atoms with Gasteiger partial charge in [-0.3, -0.25) is 4.79 Å². The standard InChI is InChI=1S/C14H22N4O2/c1-9(2)7-12(15)13(19)18-11-5-3-10(4-6-11)8-17-14(16)20/h3-6,9,12H,7-8,15H2,1-2H3,(H,18,19)(H3,16,17,20)/t12-/m0/s1. The number of hydrogen-bond donors (Lipinski definition) is 4. The highest BCUT2D eigenvalue weighted by Gasteiger charge is 2.14. The van der Waals surface area contributed by atoms with Gasteiger partial charge < -0.3 is 22.1 Å². The van der Waals surface area contributed by atoms with E-state index in [1.165, 1.54) is 0 Å². The van der Waals surface area contributed by atoms with Crippen LogP contribution in [0.2, 0.25) is 0 Å².